The average Bonchev–Trinajstić information content (AvgIpc) is 3.22. The van der Waals surface area contributed by atoms with Crippen LogP contribution in [0.15, 0.2) is 44.8 Å². The van der Waals surface area contributed by atoms with Crippen LogP contribution in [0.1, 0.15) is 0 Å². The van der Waals surface area contributed by atoms with Gasteiger partial charge in [-0.3, -0.25) is 9.44 Å². The van der Waals surface area contributed by atoms with Crippen molar-refractivity contribution in [1.82, 2.24) is 0 Å². The van der Waals surface area contributed by atoms with Crippen LogP contribution in [-0.2, 0) is 20.0 Å². The third-order valence-electron chi connectivity index (χ3n) is 3.22. The van der Waals surface area contributed by atoms with Gasteiger partial charge in [0.15, 0.2) is 0 Å². The normalized spacial score (nSPS) is 12.1. The zero-order chi connectivity index (χ0) is 20.7. The zero-order valence-corrected chi connectivity index (χ0v) is 19.5. The number of thiophene rings is 2. The van der Waals surface area contributed by atoms with E-state index in [0.717, 1.165) is 22.7 Å². The summed E-state index contributed by atoms with van der Waals surface area (Å²) in [6.45, 7) is 0. The molecule has 0 atom stereocenters. The first-order valence-electron chi connectivity index (χ1n) is 7.02. The summed E-state index contributed by atoms with van der Waals surface area (Å²) in [5, 5.41) is 1.65. The Morgan fingerprint density at radius 2 is 1.39 bits per heavy atom. The molecule has 0 unspecified atom stereocenters. The molecule has 0 radical (unpaired) electrons. The van der Waals surface area contributed by atoms with Crippen LogP contribution in [0.4, 0.5) is 11.4 Å². The van der Waals surface area contributed by atoms with E-state index >= 15 is 0 Å². The smallest absolute Gasteiger partial charge is 0.271 e. The Morgan fingerprint density at radius 1 is 0.821 bits per heavy atom. The first-order valence-corrected chi connectivity index (χ1v) is 13.2. The highest BCUT2D eigenvalue weighted by Crippen LogP contribution is 2.38. The molecule has 6 nitrogen and oxygen atoms in total. The lowest BCUT2D eigenvalue weighted by Crippen LogP contribution is -2.17. The monoisotopic (exact) mass is 536 g/mol. The molecule has 2 heterocycles. The standard InChI is InChI=1S/C14H8Cl4N2O4S4/c15-7-4-9(19-27(21,22)11-6-12(17)26-14(11)18)10(5-8(7)16)20-28(23,24)13-2-1-3-25-13/h1-6,19-20H. The minimum atomic E-state index is -4.17. The fourth-order valence-corrected chi connectivity index (χ4v) is 7.65. The zero-order valence-electron chi connectivity index (χ0n) is 13.2. The van der Waals surface area contributed by atoms with Crippen LogP contribution in [0.25, 0.3) is 0 Å². The molecular weight excluding hydrogens is 530 g/mol. The Labute approximate surface area is 189 Å². The molecule has 3 rings (SSSR count). The maximum Gasteiger partial charge on any atom is 0.271 e. The van der Waals surface area contributed by atoms with E-state index in [4.69, 9.17) is 46.4 Å². The van der Waals surface area contributed by atoms with E-state index in [9.17, 15) is 16.8 Å². The van der Waals surface area contributed by atoms with Crippen molar-refractivity contribution in [3.63, 3.8) is 0 Å². The van der Waals surface area contributed by atoms with Crippen molar-refractivity contribution in [2.75, 3.05) is 9.44 Å². The van der Waals surface area contributed by atoms with Crippen LogP contribution in [0.5, 0.6) is 0 Å². The molecule has 14 heteroatoms. The fourth-order valence-electron chi connectivity index (χ4n) is 2.04. The molecule has 1 aromatic carbocycles. The molecule has 150 valence electrons. The van der Waals surface area contributed by atoms with Gasteiger partial charge in [-0.2, -0.15) is 0 Å². The maximum absolute atomic E-state index is 12.7. The first-order chi connectivity index (χ1) is 13.0. The van der Waals surface area contributed by atoms with E-state index in [1.165, 1.54) is 24.3 Å². The van der Waals surface area contributed by atoms with Crippen LogP contribution in [0, 0.1) is 0 Å². The minimum Gasteiger partial charge on any atom is -0.277 e. The second kappa shape index (κ2) is 8.19. The quantitative estimate of drug-likeness (QED) is 0.401. The van der Waals surface area contributed by atoms with E-state index in [-0.39, 0.29) is 39.2 Å². The summed E-state index contributed by atoms with van der Waals surface area (Å²) in [6, 6.07) is 6.55. The Kier molecular flexibility index (Phi) is 6.43. The largest absolute Gasteiger partial charge is 0.277 e. The van der Waals surface area contributed by atoms with Crippen molar-refractivity contribution in [1.29, 1.82) is 0 Å². The molecule has 0 fully saturated rings. The summed E-state index contributed by atoms with van der Waals surface area (Å²) in [5.74, 6) is 0. The molecule has 0 spiro atoms. The lowest BCUT2D eigenvalue weighted by molar-refractivity contribution is 0.600. The van der Waals surface area contributed by atoms with Gasteiger partial charge in [0.25, 0.3) is 20.0 Å². The SMILES string of the molecule is O=S(=O)(Nc1cc(Cl)c(Cl)cc1NS(=O)(=O)c1cc(Cl)sc1Cl)c1cccs1. The van der Waals surface area contributed by atoms with Gasteiger partial charge >= 0.3 is 0 Å². The molecule has 0 aliphatic rings. The van der Waals surface area contributed by atoms with Gasteiger partial charge in [0.2, 0.25) is 0 Å². The van der Waals surface area contributed by atoms with Gasteiger partial charge in [-0.15, -0.1) is 22.7 Å². The Bertz CT molecular complexity index is 1240. The predicted octanol–water partition coefficient (Wildman–Crippen LogP) is 6.02. The van der Waals surface area contributed by atoms with Crippen molar-refractivity contribution in [3.05, 3.63) is 54.4 Å². The van der Waals surface area contributed by atoms with Crippen molar-refractivity contribution < 1.29 is 16.8 Å². The van der Waals surface area contributed by atoms with E-state index in [2.05, 4.69) is 9.44 Å². The lowest BCUT2D eigenvalue weighted by atomic mass is 10.3. The van der Waals surface area contributed by atoms with Crippen LogP contribution in [0.2, 0.25) is 18.7 Å². The van der Waals surface area contributed by atoms with E-state index < -0.39 is 20.0 Å². The van der Waals surface area contributed by atoms with Gasteiger partial charge in [0.05, 0.1) is 25.8 Å². The topological polar surface area (TPSA) is 92.3 Å². The van der Waals surface area contributed by atoms with Crippen molar-refractivity contribution in [2.45, 2.75) is 9.10 Å². The summed E-state index contributed by atoms with van der Waals surface area (Å²) < 4.78 is 55.1. The van der Waals surface area contributed by atoms with Crippen LogP contribution in [-0.4, -0.2) is 16.8 Å². The Morgan fingerprint density at radius 3 is 1.86 bits per heavy atom. The van der Waals surface area contributed by atoms with E-state index in [1.54, 1.807) is 11.4 Å². The van der Waals surface area contributed by atoms with E-state index in [0.29, 0.717) is 0 Å². The molecule has 2 N–H and O–H groups in total. The molecule has 0 aliphatic heterocycles. The predicted molar refractivity (Wildman–Crippen MR) is 117 cm³/mol. The second-order valence-corrected chi connectivity index (χ2v) is 12.8. The van der Waals surface area contributed by atoms with Gasteiger partial charge in [0, 0.05) is 0 Å². The third-order valence-corrected chi connectivity index (χ3v) is 9.83. The number of sulfonamides is 2. The van der Waals surface area contributed by atoms with Crippen molar-refractivity contribution in [2.24, 2.45) is 0 Å². The summed E-state index contributed by atoms with van der Waals surface area (Å²) >= 11 is 25.6. The molecule has 3 aromatic rings. The molecule has 28 heavy (non-hydrogen) atoms. The Hall–Kier alpha value is -0.720. The summed E-state index contributed by atoms with van der Waals surface area (Å²) in [4.78, 5) is -0.248. The number of hydrogen-bond acceptors (Lipinski definition) is 6. The second-order valence-electron chi connectivity index (χ2n) is 5.14. The molecule has 0 saturated heterocycles. The molecule has 0 amide bonds. The van der Waals surface area contributed by atoms with E-state index in [1.807, 2.05) is 0 Å². The summed E-state index contributed by atoms with van der Waals surface area (Å²) in [7, 11) is -8.13. The number of halogens is 4. The Balaban J connectivity index is 2.04. The number of anilines is 2. The van der Waals surface area contributed by atoms with Crippen LogP contribution in [0.3, 0.4) is 0 Å². The molecule has 2 aromatic heterocycles. The van der Waals surface area contributed by atoms with Gasteiger partial charge in [-0.25, -0.2) is 16.8 Å². The molecule has 0 bridgehead atoms. The number of rotatable bonds is 6. The van der Waals surface area contributed by atoms with Crippen LogP contribution < -0.4 is 9.44 Å². The highest BCUT2D eigenvalue weighted by atomic mass is 35.5. The van der Waals surface area contributed by atoms with Gasteiger partial charge < -0.3 is 0 Å². The first kappa shape index (κ1) is 22.0. The maximum atomic E-state index is 12.7. The number of hydrogen-bond donors (Lipinski definition) is 2. The molecular formula is C14H8Cl4N2O4S4. The fraction of sp³-hybridized carbons (Fsp3) is 0. The number of nitrogens with one attached hydrogen (secondary N) is 2. The lowest BCUT2D eigenvalue weighted by Gasteiger charge is -2.15. The molecule has 0 aliphatic carbocycles. The minimum absolute atomic E-state index is 0.0212. The molecule has 0 saturated carbocycles. The summed E-state index contributed by atoms with van der Waals surface area (Å²) in [5.41, 5.74) is -0.239. The highest BCUT2D eigenvalue weighted by molar-refractivity contribution is 7.94. The number of benzene rings is 1. The van der Waals surface area contributed by atoms with Gasteiger partial charge in [-0.05, 0) is 29.6 Å². The van der Waals surface area contributed by atoms with Gasteiger partial charge in [0.1, 0.15) is 13.4 Å². The highest BCUT2D eigenvalue weighted by Gasteiger charge is 2.25. The third kappa shape index (κ3) is 4.71. The van der Waals surface area contributed by atoms with Crippen molar-refractivity contribution in [3.8, 4) is 0 Å². The summed E-state index contributed by atoms with van der Waals surface area (Å²) in [6.07, 6.45) is 0. The van der Waals surface area contributed by atoms with Crippen LogP contribution >= 0.6 is 69.1 Å². The average molecular weight is 538 g/mol. The van der Waals surface area contributed by atoms with Crippen molar-refractivity contribution >= 4 is 100 Å². The van der Waals surface area contributed by atoms with Gasteiger partial charge in [-0.1, -0.05) is 52.5 Å².